The van der Waals surface area contributed by atoms with E-state index < -0.39 is 0 Å². The Labute approximate surface area is 103 Å². The van der Waals surface area contributed by atoms with Gasteiger partial charge in [-0.05, 0) is 37.0 Å². The van der Waals surface area contributed by atoms with Gasteiger partial charge in [-0.1, -0.05) is 37.1 Å². The predicted molar refractivity (Wildman–Crippen MR) is 68.1 cm³/mol. The Morgan fingerprint density at radius 2 is 2.00 bits per heavy atom. The molecule has 1 saturated heterocycles. The van der Waals surface area contributed by atoms with Gasteiger partial charge in [-0.2, -0.15) is 0 Å². The van der Waals surface area contributed by atoms with Gasteiger partial charge in [0.2, 0.25) is 0 Å². The average Bonchev–Trinajstić information content (AvgIpc) is 2.32. The van der Waals surface area contributed by atoms with Crippen molar-refractivity contribution in [3.63, 3.8) is 0 Å². The van der Waals surface area contributed by atoms with Crippen LogP contribution in [0, 0.1) is 0 Å². The zero-order valence-electron chi connectivity index (χ0n) is 9.79. The molecule has 0 N–H and O–H groups in total. The molecule has 2 unspecified atom stereocenters. The summed E-state index contributed by atoms with van der Waals surface area (Å²) in [5, 5.41) is 0.810. The van der Waals surface area contributed by atoms with Crippen LogP contribution in [0.1, 0.15) is 44.1 Å². The van der Waals surface area contributed by atoms with Crippen LogP contribution >= 0.6 is 11.6 Å². The molecule has 0 aliphatic carbocycles. The quantitative estimate of drug-likeness (QED) is 0.758. The maximum atomic E-state index is 5.88. The van der Waals surface area contributed by atoms with Gasteiger partial charge in [0.25, 0.3) is 0 Å². The largest absolute Gasteiger partial charge is 0.378 e. The molecular formula is C14H19ClO. The molecule has 1 nitrogen and oxygen atoms in total. The van der Waals surface area contributed by atoms with Crippen LogP contribution in [-0.4, -0.2) is 12.7 Å². The minimum absolute atomic E-state index is 0.494. The molecule has 2 rings (SSSR count). The zero-order valence-corrected chi connectivity index (χ0v) is 10.5. The average molecular weight is 239 g/mol. The SMILES string of the molecule is CCCC1CCC(c2ccc(Cl)cc2)CO1. The lowest BCUT2D eigenvalue weighted by Gasteiger charge is -2.29. The number of hydrogen-bond acceptors (Lipinski definition) is 1. The molecule has 88 valence electrons. The van der Waals surface area contributed by atoms with E-state index in [4.69, 9.17) is 16.3 Å². The first-order valence-corrected chi connectivity index (χ1v) is 6.54. The van der Waals surface area contributed by atoms with Crippen LogP contribution in [0.3, 0.4) is 0 Å². The summed E-state index contributed by atoms with van der Waals surface area (Å²) in [5.74, 6) is 0.561. The molecule has 1 heterocycles. The molecule has 0 amide bonds. The van der Waals surface area contributed by atoms with Gasteiger partial charge in [0.15, 0.2) is 0 Å². The summed E-state index contributed by atoms with van der Waals surface area (Å²) < 4.78 is 5.88. The zero-order chi connectivity index (χ0) is 11.4. The van der Waals surface area contributed by atoms with Crippen LogP contribution < -0.4 is 0 Å². The summed E-state index contributed by atoms with van der Waals surface area (Å²) in [5.41, 5.74) is 1.36. The van der Waals surface area contributed by atoms with Crippen LogP contribution in [0.4, 0.5) is 0 Å². The minimum Gasteiger partial charge on any atom is -0.378 e. The Morgan fingerprint density at radius 1 is 1.25 bits per heavy atom. The smallest absolute Gasteiger partial charge is 0.0575 e. The Kier molecular flexibility index (Phi) is 4.25. The van der Waals surface area contributed by atoms with E-state index >= 15 is 0 Å². The van der Waals surface area contributed by atoms with Gasteiger partial charge in [-0.15, -0.1) is 0 Å². The fourth-order valence-corrected chi connectivity index (χ4v) is 2.48. The van der Waals surface area contributed by atoms with Crippen molar-refractivity contribution in [1.29, 1.82) is 0 Å². The summed E-state index contributed by atoms with van der Waals surface area (Å²) in [7, 11) is 0. The van der Waals surface area contributed by atoms with Gasteiger partial charge >= 0.3 is 0 Å². The number of hydrogen-bond donors (Lipinski definition) is 0. The third-order valence-electron chi connectivity index (χ3n) is 3.32. The second kappa shape index (κ2) is 5.70. The molecule has 0 bridgehead atoms. The lowest BCUT2D eigenvalue weighted by atomic mass is 9.90. The Hall–Kier alpha value is -0.530. The van der Waals surface area contributed by atoms with Gasteiger partial charge in [0, 0.05) is 10.9 Å². The molecule has 1 aliphatic heterocycles. The molecule has 1 aliphatic rings. The second-order valence-corrected chi connectivity index (χ2v) is 5.01. The molecule has 0 aromatic heterocycles. The third kappa shape index (κ3) is 2.99. The molecule has 0 radical (unpaired) electrons. The lowest BCUT2D eigenvalue weighted by molar-refractivity contribution is -0.00111. The summed E-state index contributed by atoms with van der Waals surface area (Å²) in [6.45, 7) is 3.08. The van der Waals surface area contributed by atoms with E-state index in [9.17, 15) is 0 Å². The van der Waals surface area contributed by atoms with Crippen molar-refractivity contribution in [3.05, 3.63) is 34.9 Å². The number of halogens is 1. The first kappa shape index (κ1) is 11.9. The molecule has 0 spiro atoms. The van der Waals surface area contributed by atoms with Gasteiger partial charge < -0.3 is 4.74 Å². The first-order chi connectivity index (χ1) is 7.79. The van der Waals surface area contributed by atoms with Crippen LogP contribution in [0.25, 0.3) is 0 Å². The van der Waals surface area contributed by atoms with Crippen molar-refractivity contribution >= 4 is 11.6 Å². The highest BCUT2D eigenvalue weighted by molar-refractivity contribution is 6.30. The van der Waals surface area contributed by atoms with Gasteiger partial charge in [-0.25, -0.2) is 0 Å². The van der Waals surface area contributed by atoms with Crippen molar-refractivity contribution in [2.75, 3.05) is 6.61 Å². The molecular weight excluding hydrogens is 220 g/mol. The van der Waals surface area contributed by atoms with Crippen molar-refractivity contribution in [2.45, 2.75) is 44.6 Å². The van der Waals surface area contributed by atoms with Crippen LogP contribution in [0.5, 0.6) is 0 Å². The Balaban J connectivity index is 1.91. The van der Waals surface area contributed by atoms with E-state index in [0.717, 1.165) is 11.6 Å². The summed E-state index contributed by atoms with van der Waals surface area (Å²) in [6, 6.07) is 8.18. The van der Waals surface area contributed by atoms with Crippen molar-refractivity contribution in [3.8, 4) is 0 Å². The predicted octanol–water partition coefficient (Wildman–Crippen LogP) is 4.40. The third-order valence-corrected chi connectivity index (χ3v) is 3.57. The van der Waals surface area contributed by atoms with Crippen LogP contribution in [0.2, 0.25) is 5.02 Å². The number of benzene rings is 1. The Morgan fingerprint density at radius 3 is 2.56 bits per heavy atom. The highest BCUT2D eigenvalue weighted by atomic mass is 35.5. The van der Waals surface area contributed by atoms with Gasteiger partial charge in [-0.3, -0.25) is 0 Å². The van der Waals surface area contributed by atoms with E-state index in [1.54, 1.807) is 0 Å². The van der Waals surface area contributed by atoms with Crippen molar-refractivity contribution < 1.29 is 4.74 Å². The molecule has 1 fully saturated rings. The summed E-state index contributed by atoms with van der Waals surface area (Å²) >= 11 is 5.88. The molecule has 1 aromatic carbocycles. The number of rotatable bonds is 3. The lowest BCUT2D eigenvalue weighted by Crippen LogP contribution is -2.24. The Bertz CT molecular complexity index is 312. The maximum Gasteiger partial charge on any atom is 0.0575 e. The molecule has 16 heavy (non-hydrogen) atoms. The van der Waals surface area contributed by atoms with Crippen LogP contribution in [-0.2, 0) is 4.74 Å². The standard InChI is InChI=1S/C14H19ClO/c1-2-3-14-9-6-12(10-16-14)11-4-7-13(15)8-5-11/h4-5,7-8,12,14H,2-3,6,9-10H2,1H3. The molecule has 1 aromatic rings. The first-order valence-electron chi connectivity index (χ1n) is 6.16. The molecule has 2 heteroatoms. The second-order valence-electron chi connectivity index (χ2n) is 4.57. The van der Waals surface area contributed by atoms with E-state index in [0.29, 0.717) is 12.0 Å². The fourth-order valence-electron chi connectivity index (χ4n) is 2.35. The normalized spacial score (nSPS) is 25.6. The summed E-state index contributed by atoms with van der Waals surface area (Å²) in [6.07, 6.45) is 5.35. The van der Waals surface area contributed by atoms with Crippen molar-refractivity contribution in [1.82, 2.24) is 0 Å². The minimum atomic E-state index is 0.494. The maximum absolute atomic E-state index is 5.88. The summed E-state index contributed by atoms with van der Waals surface area (Å²) in [4.78, 5) is 0. The van der Waals surface area contributed by atoms with Gasteiger partial charge in [0.1, 0.15) is 0 Å². The highest BCUT2D eigenvalue weighted by Gasteiger charge is 2.21. The molecule has 2 atom stereocenters. The van der Waals surface area contributed by atoms with Crippen molar-refractivity contribution in [2.24, 2.45) is 0 Å². The monoisotopic (exact) mass is 238 g/mol. The number of ether oxygens (including phenoxy) is 1. The van der Waals surface area contributed by atoms with Gasteiger partial charge in [0.05, 0.1) is 12.7 Å². The fraction of sp³-hybridized carbons (Fsp3) is 0.571. The molecule has 0 saturated carbocycles. The van der Waals surface area contributed by atoms with E-state index in [1.807, 2.05) is 12.1 Å². The van der Waals surface area contributed by atoms with E-state index in [2.05, 4.69) is 19.1 Å². The van der Waals surface area contributed by atoms with Crippen LogP contribution in [0.15, 0.2) is 24.3 Å². The topological polar surface area (TPSA) is 9.23 Å². The van der Waals surface area contributed by atoms with E-state index in [-0.39, 0.29) is 0 Å². The highest BCUT2D eigenvalue weighted by Crippen LogP contribution is 2.30. The van der Waals surface area contributed by atoms with E-state index in [1.165, 1.54) is 31.2 Å².